The van der Waals surface area contributed by atoms with Crippen LogP contribution in [0.5, 0.6) is 5.75 Å². The highest BCUT2D eigenvalue weighted by Crippen LogP contribution is 2.20. The third-order valence-corrected chi connectivity index (χ3v) is 4.91. The van der Waals surface area contributed by atoms with Crippen LogP contribution in [0, 0.1) is 0 Å². The van der Waals surface area contributed by atoms with Gasteiger partial charge in [-0.3, -0.25) is 0 Å². The summed E-state index contributed by atoms with van der Waals surface area (Å²) in [6.07, 6.45) is 0. The first kappa shape index (κ1) is 15.3. The fourth-order valence-electron chi connectivity index (χ4n) is 1.97. The van der Waals surface area contributed by atoms with Crippen molar-refractivity contribution in [1.29, 1.82) is 0 Å². The predicted molar refractivity (Wildman–Crippen MR) is 82.5 cm³/mol. The Bertz CT molecular complexity index is 729. The zero-order valence-corrected chi connectivity index (χ0v) is 12.8. The first-order valence-electron chi connectivity index (χ1n) is 6.38. The number of benzene rings is 2. The molecule has 0 saturated heterocycles. The van der Waals surface area contributed by atoms with Gasteiger partial charge < -0.3 is 10.5 Å². The Labute approximate surface area is 125 Å². The van der Waals surface area contributed by atoms with Crippen LogP contribution in [0.15, 0.2) is 53.4 Å². The van der Waals surface area contributed by atoms with Gasteiger partial charge in [-0.05, 0) is 35.9 Å². The van der Waals surface area contributed by atoms with Gasteiger partial charge in [-0.2, -0.15) is 4.31 Å². The maximum Gasteiger partial charge on any atom is 0.243 e. The van der Waals surface area contributed by atoms with Gasteiger partial charge in [-0.1, -0.05) is 18.2 Å². The van der Waals surface area contributed by atoms with Gasteiger partial charge in [0.25, 0.3) is 0 Å². The average Bonchev–Trinajstić information content (AvgIpc) is 2.47. The molecule has 2 aromatic rings. The van der Waals surface area contributed by atoms with Crippen LogP contribution in [0.25, 0.3) is 0 Å². The standard InChI is InChI=1S/C15H18N2O3S/c1-17(11-12-5-3-7-14(9-12)20-2)21(18,19)15-8-4-6-13(16)10-15/h3-10H,11,16H2,1-2H3. The minimum absolute atomic E-state index is 0.188. The van der Waals surface area contributed by atoms with Gasteiger partial charge >= 0.3 is 0 Å². The molecule has 0 amide bonds. The highest BCUT2D eigenvalue weighted by Gasteiger charge is 2.21. The largest absolute Gasteiger partial charge is 0.497 e. The van der Waals surface area contributed by atoms with Crippen molar-refractivity contribution in [2.45, 2.75) is 11.4 Å². The molecule has 0 aliphatic rings. The van der Waals surface area contributed by atoms with Crippen LogP contribution in [-0.4, -0.2) is 26.9 Å². The minimum atomic E-state index is -3.57. The third kappa shape index (κ3) is 3.53. The summed E-state index contributed by atoms with van der Waals surface area (Å²) in [6, 6.07) is 13.6. The summed E-state index contributed by atoms with van der Waals surface area (Å²) < 4.78 is 31.4. The Hall–Kier alpha value is -2.05. The molecule has 0 spiro atoms. The molecule has 0 fully saturated rings. The predicted octanol–water partition coefficient (Wildman–Crippen LogP) is 2.10. The maximum atomic E-state index is 12.5. The van der Waals surface area contributed by atoms with Gasteiger partial charge in [0.15, 0.2) is 0 Å². The van der Waals surface area contributed by atoms with Crippen LogP contribution in [-0.2, 0) is 16.6 Å². The second-order valence-electron chi connectivity index (χ2n) is 4.69. The van der Waals surface area contributed by atoms with Crippen molar-refractivity contribution in [1.82, 2.24) is 4.31 Å². The van der Waals surface area contributed by atoms with Crippen LogP contribution in [0.2, 0.25) is 0 Å². The van der Waals surface area contributed by atoms with Crippen molar-refractivity contribution < 1.29 is 13.2 Å². The lowest BCUT2D eigenvalue weighted by atomic mass is 10.2. The van der Waals surface area contributed by atoms with Crippen molar-refractivity contribution in [2.75, 3.05) is 19.9 Å². The summed E-state index contributed by atoms with van der Waals surface area (Å²) in [4.78, 5) is 0.188. The zero-order chi connectivity index (χ0) is 15.5. The highest BCUT2D eigenvalue weighted by atomic mass is 32.2. The Morgan fingerprint density at radius 1 is 1.14 bits per heavy atom. The van der Waals surface area contributed by atoms with Crippen molar-refractivity contribution in [2.24, 2.45) is 0 Å². The Kier molecular flexibility index (Phi) is 4.50. The molecule has 0 atom stereocenters. The fourth-order valence-corrected chi connectivity index (χ4v) is 3.18. The summed E-state index contributed by atoms with van der Waals surface area (Å²) >= 11 is 0. The van der Waals surface area contributed by atoms with E-state index in [0.717, 1.165) is 5.56 Å². The van der Waals surface area contributed by atoms with Crippen LogP contribution >= 0.6 is 0 Å². The van der Waals surface area contributed by atoms with Crippen molar-refractivity contribution >= 4 is 15.7 Å². The number of ether oxygens (including phenoxy) is 1. The SMILES string of the molecule is COc1cccc(CN(C)S(=O)(=O)c2cccc(N)c2)c1. The minimum Gasteiger partial charge on any atom is -0.497 e. The van der Waals surface area contributed by atoms with E-state index in [-0.39, 0.29) is 11.4 Å². The summed E-state index contributed by atoms with van der Waals surface area (Å²) in [6.45, 7) is 0.258. The second-order valence-corrected chi connectivity index (χ2v) is 6.73. The smallest absolute Gasteiger partial charge is 0.243 e. The van der Waals surface area contributed by atoms with Gasteiger partial charge in [0.1, 0.15) is 5.75 Å². The topological polar surface area (TPSA) is 72.6 Å². The molecule has 6 heteroatoms. The average molecular weight is 306 g/mol. The third-order valence-electron chi connectivity index (χ3n) is 3.11. The number of methoxy groups -OCH3 is 1. The molecule has 0 aromatic heterocycles. The molecule has 2 aromatic carbocycles. The van der Waals surface area contributed by atoms with E-state index in [1.807, 2.05) is 24.3 Å². The number of nitrogens with zero attached hydrogens (tertiary/aromatic N) is 1. The van der Waals surface area contributed by atoms with Crippen LogP contribution < -0.4 is 10.5 Å². The molecule has 0 aliphatic heterocycles. The molecule has 2 N–H and O–H groups in total. The normalized spacial score (nSPS) is 11.6. The van der Waals surface area contributed by atoms with Crippen molar-refractivity contribution in [3.8, 4) is 5.75 Å². The number of anilines is 1. The fraction of sp³-hybridized carbons (Fsp3) is 0.200. The summed E-state index contributed by atoms with van der Waals surface area (Å²) in [5, 5.41) is 0. The molecule has 0 radical (unpaired) electrons. The van der Waals surface area contributed by atoms with Crippen molar-refractivity contribution in [3.05, 3.63) is 54.1 Å². The van der Waals surface area contributed by atoms with Gasteiger partial charge in [0, 0.05) is 19.3 Å². The Balaban J connectivity index is 2.24. The molecular formula is C15H18N2O3S. The first-order valence-corrected chi connectivity index (χ1v) is 7.82. The Morgan fingerprint density at radius 2 is 1.86 bits per heavy atom. The molecule has 2 rings (SSSR count). The van der Waals surface area contributed by atoms with E-state index in [1.54, 1.807) is 19.2 Å². The van der Waals surface area contributed by atoms with E-state index < -0.39 is 10.0 Å². The lowest BCUT2D eigenvalue weighted by Gasteiger charge is -2.18. The molecule has 112 valence electrons. The molecular weight excluding hydrogens is 288 g/mol. The van der Waals surface area contributed by atoms with Gasteiger partial charge in [-0.15, -0.1) is 0 Å². The number of nitrogen functional groups attached to an aromatic ring is 1. The molecule has 0 saturated carbocycles. The van der Waals surface area contributed by atoms with E-state index in [2.05, 4.69) is 0 Å². The maximum absolute atomic E-state index is 12.5. The molecule has 0 unspecified atom stereocenters. The van der Waals surface area contributed by atoms with Crippen LogP contribution in [0.1, 0.15) is 5.56 Å². The molecule has 0 heterocycles. The van der Waals surface area contributed by atoms with Crippen LogP contribution in [0.3, 0.4) is 0 Å². The van der Waals surface area contributed by atoms with Crippen molar-refractivity contribution in [3.63, 3.8) is 0 Å². The zero-order valence-electron chi connectivity index (χ0n) is 12.0. The van der Waals surface area contributed by atoms with E-state index in [0.29, 0.717) is 11.4 Å². The summed E-state index contributed by atoms with van der Waals surface area (Å²) in [5.74, 6) is 0.697. The second kappa shape index (κ2) is 6.15. The van der Waals surface area contributed by atoms with Gasteiger partial charge in [0.05, 0.1) is 12.0 Å². The lowest BCUT2D eigenvalue weighted by molar-refractivity contribution is 0.412. The number of rotatable bonds is 5. The van der Waals surface area contributed by atoms with E-state index in [4.69, 9.17) is 10.5 Å². The highest BCUT2D eigenvalue weighted by molar-refractivity contribution is 7.89. The first-order chi connectivity index (χ1) is 9.93. The monoisotopic (exact) mass is 306 g/mol. The molecule has 21 heavy (non-hydrogen) atoms. The molecule has 0 bridgehead atoms. The van der Waals surface area contributed by atoms with Crippen LogP contribution in [0.4, 0.5) is 5.69 Å². The number of sulfonamides is 1. The number of nitrogens with two attached hydrogens (primary N) is 1. The van der Waals surface area contributed by atoms with E-state index >= 15 is 0 Å². The summed E-state index contributed by atoms with van der Waals surface area (Å²) in [5.41, 5.74) is 6.92. The van der Waals surface area contributed by atoms with Gasteiger partial charge in [-0.25, -0.2) is 8.42 Å². The summed E-state index contributed by atoms with van der Waals surface area (Å²) in [7, 11) is -0.451. The number of hydrogen-bond donors (Lipinski definition) is 1. The van der Waals surface area contributed by atoms with E-state index in [9.17, 15) is 8.42 Å². The quantitative estimate of drug-likeness (QED) is 0.859. The molecule has 5 nitrogen and oxygen atoms in total. The lowest BCUT2D eigenvalue weighted by Crippen LogP contribution is -2.26. The van der Waals surface area contributed by atoms with Gasteiger partial charge in [0.2, 0.25) is 10.0 Å². The molecule has 0 aliphatic carbocycles. The van der Waals surface area contributed by atoms with E-state index in [1.165, 1.54) is 23.5 Å². The Morgan fingerprint density at radius 3 is 2.52 bits per heavy atom. The number of hydrogen-bond acceptors (Lipinski definition) is 4.